The molecule has 0 bridgehead atoms. The molecule has 1 aliphatic carbocycles. The van der Waals surface area contributed by atoms with Crippen molar-refractivity contribution in [2.45, 2.75) is 76.9 Å². The third kappa shape index (κ3) is 6.10. The summed E-state index contributed by atoms with van der Waals surface area (Å²) in [6, 6.07) is 4.74. The van der Waals surface area contributed by atoms with E-state index in [1.54, 1.807) is 0 Å². The van der Waals surface area contributed by atoms with Crippen LogP contribution in [0.3, 0.4) is 0 Å². The van der Waals surface area contributed by atoms with Crippen LogP contribution in [0.4, 0.5) is 0 Å². The Labute approximate surface area is 190 Å². The van der Waals surface area contributed by atoms with Crippen LogP contribution in [0.25, 0.3) is 0 Å². The Morgan fingerprint density at radius 1 is 1.17 bits per heavy atom. The second-order valence-electron chi connectivity index (χ2n) is 8.66. The summed E-state index contributed by atoms with van der Waals surface area (Å²) in [5.74, 6) is 7.07. The fraction of sp³-hybridized carbons (Fsp3) is 0.667. The van der Waals surface area contributed by atoms with Crippen molar-refractivity contribution in [2.24, 2.45) is 5.73 Å². The molecule has 0 unspecified atom stereocenters. The highest BCUT2D eigenvalue weighted by molar-refractivity contribution is 14.1. The molecule has 0 radical (unpaired) electrons. The minimum atomic E-state index is -0.339. The first-order chi connectivity index (χ1) is 13.9. The molecule has 29 heavy (non-hydrogen) atoms. The van der Waals surface area contributed by atoms with Gasteiger partial charge in [0, 0.05) is 23.7 Å². The molecule has 0 spiro atoms. The number of likely N-dealkylation sites (tertiary alicyclic amines) is 1. The van der Waals surface area contributed by atoms with E-state index >= 15 is 0 Å². The molecule has 3 rings (SSSR count). The van der Waals surface area contributed by atoms with Gasteiger partial charge in [-0.1, -0.05) is 45.0 Å². The molecule has 0 aromatic heterocycles. The standard InChI is InChI=1S/C24H36IN3O/c1-3-28(4-2)21-9-14-27(15-10-21)18-20-16-19(17-22(25)23(20)29)8-13-24(26)11-6-5-7-12-24/h16-17,21,29H,3-7,9-12,14-15,18,26H2,1-2H3. The average Bonchev–Trinajstić information content (AvgIpc) is 2.73. The molecule has 4 nitrogen and oxygen atoms in total. The van der Waals surface area contributed by atoms with Gasteiger partial charge in [-0.2, -0.15) is 0 Å². The summed E-state index contributed by atoms with van der Waals surface area (Å²) in [6.07, 6.45) is 8.00. The number of aromatic hydroxyl groups is 1. The fourth-order valence-electron chi connectivity index (χ4n) is 4.78. The highest BCUT2D eigenvalue weighted by Crippen LogP contribution is 2.29. The highest BCUT2D eigenvalue weighted by Gasteiger charge is 2.25. The summed E-state index contributed by atoms with van der Waals surface area (Å²) in [4.78, 5) is 5.04. The van der Waals surface area contributed by atoms with Gasteiger partial charge in [-0.05, 0) is 86.6 Å². The lowest BCUT2D eigenvalue weighted by atomic mass is 9.83. The van der Waals surface area contributed by atoms with Gasteiger partial charge < -0.3 is 15.7 Å². The van der Waals surface area contributed by atoms with Gasteiger partial charge >= 0.3 is 0 Å². The molecule has 0 amide bonds. The van der Waals surface area contributed by atoms with E-state index in [0.717, 1.165) is 60.3 Å². The second-order valence-corrected chi connectivity index (χ2v) is 9.82. The van der Waals surface area contributed by atoms with E-state index in [1.165, 1.54) is 32.1 Å². The summed E-state index contributed by atoms with van der Waals surface area (Å²) < 4.78 is 0.872. The molecule has 1 aromatic carbocycles. The van der Waals surface area contributed by atoms with Gasteiger partial charge in [-0.15, -0.1) is 0 Å². The third-order valence-corrected chi connectivity index (χ3v) is 7.45. The zero-order valence-electron chi connectivity index (χ0n) is 18.0. The molecule has 1 saturated carbocycles. The number of hydrogen-bond acceptors (Lipinski definition) is 4. The monoisotopic (exact) mass is 509 g/mol. The first-order valence-electron chi connectivity index (χ1n) is 11.2. The average molecular weight is 509 g/mol. The Hall–Kier alpha value is -0.810. The van der Waals surface area contributed by atoms with Crippen molar-refractivity contribution >= 4 is 22.6 Å². The van der Waals surface area contributed by atoms with Crippen molar-refractivity contribution in [3.8, 4) is 17.6 Å². The molecule has 1 aromatic rings. The number of rotatable bonds is 5. The Balaban J connectivity index is 1.67. The minimum Gasteiger partial charge on any atom is -0.507 e. The zero-order chi connectivity index (χ0) is 20.9. The van der Waals surface area contributed by atoms with Gasteiger partial charge in [0.2, 0.25) is 0 Å². The lowest BCUT2D eigenvalue weighted by Crippen LogP contribution is -2.44. The van der Waals surface area contributed by atoms with Crippen molar-refractivity contribution in [1.29, 1.82) is 0 Å². The molecule has 1 heterocycles. The number of phenolic OH excluding ortho intramolecular Hbond substituents is 1. The van der Waals surface area contributed by atoms with Crippen LogP contribution in [-0.2, 0) is 6.54 Å². The van der Waals surface area contributed by atoms with E-state index in [1.807, 2.05) is 6.07 Å². The number of phenols is 1. The van der Waals surface area contributed by atoms with E-state index in [2.05, 4.69) is 64.1 Å². The van der Waals surface area contributed by atoms with Gasteiger partial charge in [0.1, 0.15) is 5.75 Å². The molecule has 3 N–H and O–H groups in total. The van der Waals surface area contributed by atoms with Crippen molar-refractivity contribution in [3.63, 3.8) is 0 Å². The van der Waals surface area contributed by atoms with E-state index in [4.69, 9.17) is 5.73 Å². The Morgan fingerprint density at radius 2 is 1.83 bits per heavy atom. The van der Waals surface area contributed by atoms with Crippen LogP contribution in [-0.4, -0.2) is 52.7 Å². The molecule has 2 fully saturated rings. The predicted molar refractivity (Wildman–Crippen MR) is 129 cm³/mol. The molecule has 2 aliphatic rings. The smallest absolute Gasteiger partial charge is 0.133 e. The van der Waals surface area contributed by atoms with E-state index in [-0.39, 0.29) is 5.54 Å². The van der Waals surface area contributed by atoms with Crippen LogP contribution in [0.2, 0.25) is 0 Å². The zero-order valence-corrected chi connectivity index (χ0v) is 20.2. The SMILES string of the molecule is CCN(CC)C1CCN(Cc2cc(C#CC3(N)CCCCC3)cc(I)c2O)CC1. The Kier molecular flexibility index (Phi) is 8.26. The number of hydrogen-bond donors (Lipinski definition) is 2. The first-order valence-corrected chi connectivity index (χ1v) is 12.3. The first kappa shape index (κ1) is 22.9. The quantitative estimate of drug-likeness (QED) is 0.459. The van der Waals surface area contributed by atoms with Gasteiger partial charge in [-0.25, -0.2) is 0 Å². The van der Waals surface area contributed by atoms with Crippen molar-refractivity contribution in [1.82, 2.24) is 9.80 Å². The van der Waals surface area contributed by atoms with Crippen LogP contribution >= 0.6 is 22.6 Å². The number of piperidine rings is 1. The van der Waals surface area contributed by atoms with Crippen LogP contribution in [0, 0.1) is 15.4 Å². The van der Waals surface area contributed by atoms with Gasteiger partial charge in [0.15, 0.2) is 0 Å². The van der Waals surface area contributed by atoms with Crippen LogP contribution in [0.1, 0.15) is 69.9 Å². The van der Waals surface area contributed by atoms with Gasteiger partial charge in [0.05, 0.1) is 9.11 Å². The van der Waals surface area contributed by atoms with E-state index < -0.39 is 0 Å². The fourth-order valence-corrected chi connectivity index (χ4v) is 5.46. The normalized spacial score (nSPS) is 20.4. The lowest BCUT2D eigenvalue weighted by Gasteiger charge is -2.37. The largest absolute Gasteiger partial charge is 0.507 e. The van der Waals surface area contributed by atoms with Crippen LogP contribution < -0.4 is 5.73 Å². The van der Waals surface area contributed by atoms with Crippen LogP contribution in [0.5, 0.6) is 5.75 Å². The maximum Gasteiger partial charge on any atom is 0.133 e. The van der Waals surface area contributed by atoms with Crippen LogP contribution in [0.15, 0.2) is 12.1 Å². The summed E-state index contributed by atoms with van der Waals surface area (Å²) in [5.41, 5.74) is 8.10. The van der Waals surface area contributed by atoms with Crippen molar-refractivity contribution < 1.29 is 5.11 Å². The Morgan fingerprint density at radius 3 is 2.45 bits per heavy atom. The van der Waals surface area contributed by atoms with Crippen molar-refractivity contribution in [3.05, 3.63) is 26.8 Å². The topological polar surface area (TPSA) is 52.7 Å². The van der Waals surface area contributed by atoms with Gasteiger partial charge in [0.25, 0.3) is 0 Å². The third-order valence-electron chi connectivity index (χ3n) is 6.62. The molecule has 160 valence electrons. The minimum absolute atomic E-state index is 0.339. The molecule has 0 atom stereocenters. The number of nitrogens with zero attached hydrogens (tertiary/aromatic N) is 2. The number of halogens is 1. The van der Waals surface area contributed by atoms with E-state index in [9.17, 15) is 5.11 Å². The molecule has 1 aliphatic heterocycles. The summed E-state index contributed by atoms with van der Waals surface area (Å²) in [5, 5.41) is 10.6. The maximum absolute atomic E-state index is 10.6. The predicted octanol–water partition coefficient (Wildman–Crippen LogP) is 4.32. The van der Waals surface area contributed by atoms with Gasteiger partial charge in [-0.3, -0.25) is 4.90 Å². The summed E-state index contributed by atoms with van der Waals surface area (Å²) in [6.45, 7) is 9.71. The Bertz CT molecular complexity index is 736. The maximum atomic E-state index is 10.6. The lowest BCUT2D eigenvalue weighted by molar-refractivity contribution is 0.112. The summed E-state index contributed by atoms with van der Waals surface area (Å²) in [7, 11) is 0. The molecular weight excluding hydrogens is 473 g/mol. The molecule has 1 saturated heterocycles. The van der Waals surface area contributed by atoms with Crippen molar-refractivity contribution in [2.75, 3.05) is 26.2 Å². The highest BCUT2D eigenvalue weighted by atomic mass is 127. The molecular formula is C24H36IN3O. The number of benzene rings is 1. The van der Waals surface area contributed by atoms with E-state index in [0.29, 0.717) is 11.8 Å². The second kappa shape index (κ2) is 10.5. The summed E-state index contributed by atoms with van der Waals surface area (Å²) >= 11 is 2.22. The molecule has 5 heteroatoms. The number of nitrogens with two attached hydrogens (primary N) is 1.